The predicted octanol–water partition coefficient (Wildman–Crippen LogP) is -0.209. The molecule has 1 rings (SSSR count). The van der Waals surface area contributed by atoms with Crippen LogP contribution in [-0.4, -0.2) is 24.5 Å². The maximum absolute atomic E-state index is 11.2. The van der Waals surface area contributed by atoms with E-state index in [-0.39, 0.29) is 46.7 Å². The van der Waals surface area contributed by atoms with Crippen LogP contribution in [0.4, 0.5) is 5.69 Å². The van der Waals surface area contributed by atoms with E-state index in [2.05, 4.69) is 4.99 Å². The standard InChI is InChI=1S/C15H21NO4S.Na/c1-5-12-8-14(21(18,19)20)9-13(6-2)15(12)16-10(3)7-11(4)17;/h8-9H,5-7H2,1-4H3,(H,18,19,20);/q;+1/p-1. The van der Waals surface area contributed by atoms with Gasteiger partial charge in [0.05, 0.1) is 10.6 Å². The molecule has 0 fully saturated rings. The normalized spacial score (nSPS) is 12.0. The van der Waals surface area contributed by atoms with Gasteiger partial charge in [-0.15, -0.1) is 0 Å². The fourth-order valence-electron chi connectivity index (χ4n) is 2.15. The molecule has 0 amide bonds. The molecule has 0 aliphatic rings. The number of carbonyl (C=O) groups is 1. The summed E-state index contributed by atoms with van der Waals surface area (Å²) in [7, 11) is -4.48. The summed E-state index contributed by atoms with van der Waals surface area (Å²) in [6, 6.07) is 2.75. The van der Waals surface area contributed by atoms with Gasteiger partial charge < -0.3 is 4.55 Å². The quantitative estimate of drug-likeness (QED) is 0.409. The maximum atomic E-state index is 11.2. The molecule has 116 valence electrons. The maximum Gasteiger partial charge on any atom is 1.00 e. The Bertz CT molecular complexity index is 656. The summed E-state index contributed by atoms with van der Waals surface area (Å²) < 4.78 is 33.6. The first kappa shape index (κ1) is 21.5. The van der Waals surface area contributed by atoms with Gasteiger partial charge in [-0.2, -0.15) is 0 Å². The Kier molecular flexibility index (Phi) is 8.72. The van der Waals surface area contributed by atoms with Gasteiger partial charge in [0.2, 0.25) is 0 Å². The molecule has 1 aromatic rings. The molecule has 0 aliphatic heterocycles. The summed E-state index contributed by atoms with van der Waals surface area (Å²) in [6.45, 7) is 7.00. The zero-order valence-corrected chi connectivity index (χ0v) is 16.6. The average molecular weight is 333 g/mol. The van der Waals surface area contributed by atoms with E-state index in [9.17, 15) is 17.8 Å². The van der Waals surface area contributed by atoms with Crippen molar-refractivity contribution in [1.29, 1.82) is 0 Å². The largest absolute Gasteiger partial charge is 1.00 e. The third-order valence-electron chi connectivity index (χ3n) is 3.10. The van der Waals surface area contributed by atoms with E-state index >= 15 is 0 Å². The minimum Gasteiger partial charge on any atom is -0.744 e. The number of hydrogen-bond acceptors (Lipinski definition) is 5. The fraction of sp³-hybridized carbons (Fsp3) is 0.467. The number of benzene rings is 1. The van der Waals surface area contributed by atoms with E-state index in [0.717, 1.165) is 0 Å². The number of carbonyl (C=O) groups excluding carboxylic acids is 1. The SMILES string of the molecule is CCc1cc(S(=O)(=O)[O-])cc(CC)c1N=C(C)CC(C)=O.[Na+]. The van der Waals surface area contributed by atoms with Crippen LogP contribution in [0, 0.1) is 0 Å². The van der Waals surface area contributed by atoms with Crippen LogP contribution in [-0.2, 0) is 27.8 Å². The summed E-state index contributed by atoms with van der Waals surface area (Å²) in [5.41, 5.74) is 2.74. The molecule has 1 aromatic carbocycles. The molecule has 0 atom stereocenters. The first-order valence-corrected chi connectivity index (χ1v) is 8.25. The second kappa shape index (κ2) is 8.93. The van der Waals surface area contributed by atoms with Crippen molar-refractivity contribution in [2.24, 2.45) is 4.99 Å². The molecule has 0 bridgehead atoms. The number of nitrogens with zero attached hydrogens (tertiary/aromatic N) is 1. The van der Waals surface area contributed by atoms with Crippen LogP contribution in [0.1, 0.15) is 45.2 Å². The van der Waals surface area contributed by atoms with Crippen molar-refractivity contribution in [1.82, 2.24) is 0 Å². The van der Waals surface area contributed by atoms with E-state index in [1.54, 1.807) is 6.92 Å². The van der Waals surface area contributed by atoms with Gasteiger partial charge in [-0.05, 0) is 49.9 Å². The van der Waals surface area contributed by atoms with Crippen LogP contribution in [0.2, 0.25) is 0 Å². The third kappa shape index (κ3) is 5.93. The third-order valence-corrected chi connectivity index (χ3v) is 3.91. The van der Waals surface area contributed by atoms with Gasteiger partial charge in [-0.3, -0.25) is 9.79 Å². The minimum atomic E-state index is -4.48. The van der Waals surface area contributed by atoms with Gasteiger partial charge in [0.1, 0.15) is 15.9 Å². The van der Waals surface area contributed by atoms with Crippen molar-refractivity contribution in [3.05, 3.63) is 23.3 Å². The fourth-order valence-corrected chi connectivity index (χ4v) is 2.72. The van der Waals surface area contributed by atoms with Crippen LogP contribution in [0.3, 0.4) is 0 Å². The molecule has 0 radical (unpaired) electrons. The smallest absolute Gasteiger partial charge is 0.744 e. The number of ketones is 1. The predicted molar refractivity (Wildman–Crippen MR) is 81.2 cm³/mol. The summed E-state index contributed by atoms with van der Waals surface area (Å²) in [4.78, 5) is 15.4. The number of Topliss-reactive ketones (excluding diaryl/α,β-unsaturated/α-hetero) is 1. The van der Waals surface area contributed by atoms with Crippen LogP contribution in [0.15, 0.2) is 22.0 Å². The molecule has 0 saturated carbocycles. The molecule has 0 aliphatic carbocycles. The Morgan fingerprint density at radius 3 is 1.91 bits per heavy atom. The first-order chi connectivity index (χ1) is 9.68. The van der Waals surface area contributed by atoms with Crippen molar-refractivity contribution >= 4 is 27.3 Å². The van der Waals surface area contributed by atoms with Crippen molar-refractivity contribution < 1.29 is 47.3 Å². The van der Waals surface area contributed by atoms with E-state index in [1.807, 2.05) is 13.8 Å². The molecule has 0 spiro atoms. The van der Waals surface area contributed by atoms with E-state index in [1.165, 1.54) is 19.1 Å². The molecular formula is C15H20NNaO4S. The minimum absolute atomic E-state index is 0. The molecule has 0 unspecified atom stereocenters. The Morgan fingerprint density at radius 1 is 1.14 bits per heavy atom. The Labute approximate surface area is 154 Å². The van der Waals surface area contributed by atoms with E-state index in [4.69, 9.17) is 0 Å². The Hall–Kier alpha value is -0.530. The van der Waals surface area contributed by atoms with E-state index < -0.39 is 10.1 Å². The van der Waals surface area contributed by atoms with Gasteiger partial charge in [-0.25, -0.2) is 8.42 Å². The van der Waals surface area contributed by atoms with Gasteiger partial charge in [0, 0.05) is 12.1 Å². The second-order valence-electron chi connectivity index (χ2n) is 4.98. The number of aliphatic imine (C=N–C) groups is 1. The van der Waals surface area contributed by atoms with Crippen LogP contribution in [0.25, 0.3) is 0 Å². The molecule has 0 saturated heterocycles. The van der Waals surface area contributed by atoms with E-state index in [0.29, 0.717) is 35.4 Å². The number of rotatable bonds is 6. The molecule has 22 heavy (non-hydrogen) atoms. The summed E-state index contributed by atoms with van der Waals surface area (Å²) in [6.07, 6.45) is 1.37. The summed E-state index contributed by atoms with van der Waals surface area (Å²) in [5, 5.41) is 0. The van der Waals surface area contributed by atoms with Crippen molar-refractivity contribution in [2.45, 2.75) is 51.9 Å². The van der Waals surface area contributed by atoms with Gasteiger partial charge in [0.15, 0.2) is 0 Å². The van der Waals surface area contributed by atoms with Crippen LogP contribution >= 0.6 is 0 Å². The summed E-state index contributed by atoms with van der Waals surface area (Å²) in [5.74, 6) is 0.0195. The monoisotopic (exact) mass is 333 g/mol. The van der Waals surface area contributed by atoms with Crippen molar-refractivity contribution in [3.8, 4) is 0 Å². The average Bonchev–Trinajstić information content (AvgIpc) is 2.36. The van der Waals surface area contributed by atoms with Gasteiger partial charge in [-0.1, -0.05) is 13.8 Å². The van der Waals surface area contributed by atoms with Crippen LogP contribution in [0.5, 0.6) is 0 Å². The van der Waals surface area contributed by atoms with Crippen LogP contribution < -0.4 is 29.6 Å². The second-order valence-corrected chi connectivity index (χ2v) is 6.36. The topological polar surface area (TPSA) is 86.6 Å². The number of hydrogen-bond donors (Lipinski definition) is 0. The number of aryl methyl sites for hydroxylation is 2. The molecule has 0 heterocycles. The molecular weight excluding hydrogens is 313 g/mol. The Morgan fingerprint density at radius 2 is 1.59 bits per heavy atom. The molecule has 0 N–H and O–H groups in total. The van der Waals surface area contributed by atoms with Crippen molar-refractivity contribution in [3.63, 3.8) is 0 Å². The van der Waals surface area contributed by atoms with Gasteiger partial charge >= 0.3 is 29.6 Å². The van der Waals surface area contributed by atoms with Gasteiger partial charge in [0.25, 0.3) is 0 Å². The Balaban J connectivity index is 0.00000441. The molecule has 0 aromatic heterocycles. The summed E-state index contributed by atoms with van der Waals surface area (Å²) >= 11 is 0. The van der Waals surface area contributed by atoms with Crippen molar-refractivity contribution in [2.75, 3.05) is 0 Å². The zero-order valence-electron chi connectivity index (χ0n) is 13.8. The zero-order chi connectivity index (χ0) is 16.2. The molecule has 7 heteroatoms. The first-order valence-electron chi connectivity index (χ1n) is 6.84. The molecule has 5 nitrogen and oxygen atoms in total.